The summed E-state index contributed by atoms with van der Waals surface area (Å²) in [6.45, 7) is 15.6. The molecule has 1 fully saturated rings. The molecule has 6 nitrogen and oxygen atoms in total. The summed E-state index contributed by atoms with van der Waals surface area (Å²) in [5.41, 5.74) is 0.742. The molecule has 0 heterocycles. The molecule has 0 radical (unpaired) electrons. The van der Waals surface area contributed by atoms with Crippen molar-refractivity contribution in [2.45, 2.75) is 155 Å². The first-order valence-electron chi connectivity index (χ1n) is 14.3. The molecule has 0 N–H and O–H groups in total. The summed E-state index contributed by atoms with van der Waals surface area (Å²) in [7, 11) is -1.80. The molecule has 208 valence electrons. The van der Waals surface area contributed by atoms with Crippen molar-refractivity contribution in [1.82, 2.24) is 0 Å². The Bertz CT molecular complexity index is 537. The van der Waals surface area contributed by atoms with Gasteiger partial charge in [0.2, 0.25) is 14.1 Å². The van der Waals surface area contributed by atoms with Gasteiger partial charge < -0.3 is 0 Å². The third kappa shape index (κ3) is 14.3. The zero-order chi connectivity index (χ0) is 26.0. The molecule has 0 spiro atoms. The van der Waals surface area contributed by atoms with Gasteiger partial charge in [0.25, 0.3) is 0 Å². The summed E-state index contributed by atoms with van der Waals surface area (Å²) in [5.74, 6) is -0.870. The molecule has 0 aromatic heterocycles. The summed E-state index contributed by atoms with van der Waals surface area (Å²) in [6, 6.07) is 3.17. The van der Waals surface area contributed by atoms with E-state index in [1.165, 1.54) is 50.5 Å². The van der Waals surface area contributed by atoms with Gasteiger partial charge in [0.1, 0.15) is 6.61 Å². The molecule has 7 heteroatoms. The molecule has 0 saturated heterocycles. The van der Waals surface area contributed by atoms with Gasteiger partial charge in [-0.3, -0.25) is 4.58 Å². The third-order valence-electron chi connectivity index (χ3n) is 7.26. The van der Waals surface area contributed by atoms with Crippen LogP contribution in [0.4, 0.5) is 0 Å². The number of rotatable bonds is 15. The van der Waals surface area contributed by atoms with Gasteiger partial charge in [0.05, 0.1) is 12.2 Å². The molecule has 0 amide bonds. The highest BCUT2D eigenvalue weighted by atomic mass is 28.4. The van der Waals surface area contributed by atoms with E-state index in [4.69, 9.17) is 29.0 Å². The van der Waals surface area contributed by atoms with Gasteiger partial charge in [0, 0.05) is 19.3 Å². The Morgan fingerprint density at radius 1 is 0.771 bits per heavy atom. The van der Waals surface area contributed by atoms with E-state index in [0.717, 1.165) is 43.8 Å². The van der Waals surface area contributed by atoms with E-state index in [2.05, 4.69) is 34.6 Å². The topological polar surface area (TPSA) is 55.4 Å². The maximum atomic E-state index is 6.06. The minimum absolute atomic E-state index is 0.397. The fourth-order valence-electron chi connectivity index (χ4n) is 4.28. The molecule has 1 saturated carbocycles. The second-order valence-electron chi connectivity index (χ2n) is 11.1. The molecule has 0 aromatic carbocycles. The van der Waals surface area contributed by atoms with Crippen molar-refractivity contribution in [3.63, 3.8) is 0 Å². The van der Waals surface area contributed by atoms with Gasteiger partial charge in [-0.1, -0.05) is 77.4 Å². The van der Waals surface area contributed by atoms with Crippen LogP contribution in [0.3, 0.4) is 0 Å². The number of allylic oxidation sites excluding steroid dienone is 1. The van der Waals surface area contributed by atoms with Gasteiger partial charge in [-0.2, -0.15) is 9.78 Å². The van der Waals surface area contributed by atoms with Crippen LogP contribution >= 0.6 is 0 Å². The SMILES string of the molecule is CC[Si](CC)(CC)OOC(C)(C)CCOOC1(OOCC=C(C)C)CCCCCCCCCCC1. The Balaban J connectivity index is 2.68. The molecule has 0 unspecified atom stereocenters. The summed E-state index contributed by atoms with van der Waals surface area (Å²) >= 11 is 0. The van der Waals surface area contributed by atoms with E-state index < -0.39 is 19.7 Å². The van der Waals surface area contributed by atoms with Gasteiger partial charge in [-0.05, 0) is 58.7 Å². The highest BCUT2D eigenvalue weighted by Crippen LogP contribution is 2.31. The fraction of sp³-hybridized carbons (Fsp3) is 0.929. The van der Waals surface area contributed by atoms with Crippen molar-refractivity contribution in [1.29, 1.82) is 0 Å². The van der Waals surface area contributed by atoms with Crippen LogP contribution in [0, 0.1) is 0 Å². The lowest BCUT2D eigenvalue weighted by Gasteiger charge is -2.33. The normalized spacial score (nSPS) is 18.5. The van der Waals surface area contributed by atoms with Crippen molar-refractivity contribution in [2.75, 3.05) is 13.2 Å². The predicted octanol–water partition coefficient (Wildman–Crippen LogP) is 8.97. The molecular formula is C28H56O6Si. The monoisotopic (exact) mass is 516 g/mol. The van der Waals surface area contributed by atoms with Crippen LogP contribution in [-0.2, 0) is 29.0 Å². The molecule has 35 heavy (non-hydrogen) atoms. The summed E-state index contributed by atoms with van der Waals surface area (Å²) < 4.78 is 6.06. The Hall–Kier alpha value is -0.283. The lowest BCUT2D eigenvalue weighted by Crippen LogP contribution is -2.40. The molecule has 1 aliphatic rings. The van der Waals surface area contributed by atoms with Crippen molar-refractivity contribution in [3.8, 4) is 0 Å². The van der Waals surface area contributed by atoms with E-state index in [1.54, 1.807) is 0 Å². The van der Waals surface area contributed by atoms with Crippen molar-refractivity contribution in [2.24, 2.45) is 0 Å². The maximum Gasteiger partial charge on any atom is 0.238 e. The van der Waals surface area contributed by atoms with E-state index in [-0.39, 0.29) is 0 Å². The summed E-state index contributed by atoms with van der Waals surface area (Å²) in [4.78, 5) is 29.3. The first-order valence-corrected chi connectivity index (χ1v) is 16.9. The summed E-state index contributed by atoms with van der Waals surface area (Å²) in [5, 5.41) is 0. The minimum atomic E-state index is -1.80. The van der Waals surface area contributed by atoms with Crippen LogP contribution in [0.25, 0.3) is 0 Å². The molecule has 1 aliphatic carbocycles. The first-order chi connectivity index (χ1) is 16.7. The highest BCUT2D eigenvalue weighted by molar-refractivity contribution is 6.73. The van der Waals surface area contributed by atoms with E-state index in [0.29, 0.717) is 19.6 Å². The molecule has 0 aliphatic heterocycles. The van der Waals surface area contributed by atoms with Crippen molar-refractivity contribution >= 4 is 8.32 Å². The van der Waals surface area contributed by atoms with Gasteiger partial charge >= 0.3 is 0 Å². The van der Waals surface area contributed by atoms with E-state index >= 15 is 0 Å². The van der Waals surface area contributed by atoms with Crippen LogP contribution < -0.4 is 0 Å². The predicted molar refractivity (Wildman–Crippen MR) is 145 cm³/mol. The zero-order valence-corrected chi connectivity index (χ0v) is 25.0. The average Bonchev–Trinajstić information content (AvgIpc) is 2.83. The van der Waals surface area contributed by atoms with Crippen LogP contribution in [0.1, 0.15) is 126 Å². The first kappa shape index (κ1) is 32.7. The van der Waals surface area contributed by atoms with Crippen LogP contribution in [0.5, 0.6) is 0 Å². The molecule has 0 atom stereocenters. The van der Waals surface area contributed by atoms with Crippen LogP contribution in [0.2, 0.25) is 18.1 Å². The molecule has 0 aromatic rings. The Labute approximate surface area is 217 Å². The Morgan fingerprint density at radius 3 is 1.74 bits per heavy atom. The number of hydrogen-bond acceptors (Lipinski definition) is 6. The zero-order valence-electron chi connectivity index (χ0n) is 24.0. The van der Waals surface area contributed by atoms with E-state index in [9.17, 15) is 0 Å². The average molecular weight is 517 g/mol. The van der Waals surface area contributed by atoms with Crippen LogP contribution in [0.15, 0.2) is 11.6 Å². The molecular weight excluding hydrogens is 460 g/mol. The van der Waals surface area contributed by atoms with Gasteiger partial charge in [-0.25, -0.2) is 14.7 Å². The minimum Gasteiger partial charge on any atom is -0.286 e. The second kappa shape index (κ2) is 18.0. The fourth-order valence-corrected chi connectivity index (χ4v) is 6.54. The standard InChI is InChI=1S/C28H56O6Si/c1-8-35(9-2,10-3)34-31-27(6,7)23-25-30-33-28(32-29-24-20-26(4)5)21-18-16-14-12-11-13-15-17-19-22-28/h20H,8-19,21-25H2,1-7H3. The van der Waals surface area contributed by atoms with Crippen LogP contribution in [-0.4, -0.2) is 32.9 Å². The van der Waals surface area contributed by atoms with Gasteiger partial charge in [-0.15, -0.1) is 0 Å². The Kier molecular flexibility index (Phi) is 16.9. The summed E-state index contributed by atoms with van der Waals surface area (Å²) in [6.07, 6.45) is 15.1. The van der Waals surface area contributed by atoms with Crippen molar-refractivity contribution < 1.29 is 29.0 Å². The quantitative estimate of drug-likeness (QED) is 0.0540. The lowest BCUT2D eigenvalue weighted by molar-refractivity contribution is -0.513. The largest absolute Gasteiger partial charge is 0.286 e. The highest BCUT2D eigenvalue weighted by Gasteiger charge is 2.36. The molecule has 0 bridgehead atoms. The second-order valence-corrected chi connectivity index (χ2v) is 15.7. The number of hydrogen-bond donors (Lipinski definition) is 0. The van der Waals surface area contributed by atoms with Crippen molar-refractivity contribution in [3.05, 3.63) is 11.6 Å². The smallest absolute Gasteiger partial charge is 0.238 e. The Morgan fingerprint density at radius 2 is 1.26 bits per heavy atom. The third-order valence-corrected chi connectivity index (χ3v) is 11.6. The maximum absolute atomic E-state index is 6.06. The lowest BCUT2D eigenvalue weighted by atomic mass is 9.97. The van der Waals surface area contributed by atoms with E-state index in [1.807, 2.05) is 19.9 Å². The molecule has 1 rings (SSSR count). The van der Waals surface area contributed by atoms with Gasteiger partial charge in [0.15, 0.2) is 0 Å².